The van der Waals surface area contributed by atoms with Crippen LogP contribution >= 0.6 is 0 Å². The minimum absolute atomic E-state index is 0.152. The predicted molar refractivity (Wildman–Crippen MR) is 75.7 cm³/mol. The third-order valence-corrected chi connectivity index (χ3v) is 4.19. The second-order valence-corrected chi connectivity index (χ2v) is 5.93. The number of carbonyl (C=O) groups excluding carboxylic acids is 3. The molecular formula is C13H24N4O4. The molecule has 6 N–H and O–H groups in total. The van der Waals surface area contributed by atoms with Gasteiger partial charge in [0.05, 0.1) is 19.2 Å². The standard InChI is InChI=1S/C13H24N4O4/c1-4-21-8-5-13(16,12(8,2)3)11(20)17(6-9(14)18)7-10(15)19/h8H,4-7,16H2,1-3H3,(H2,14,18)(H2,15,19). The lowest BCUT2D eigenvalue weighted by atomic mass is 9.54. The highest BCUT2D eigenvalue weighted by Crippen LogP contribution is 2.50. The van der Waals surface area contributed by atoms with E-state index >= 15 is 0 Å². The van der Waals surface area contributed by atoms with Crippen molar-refractivity contribution in [1.82, 2.24) is 4.90 Å². The lowest BCUT2D eigenvalue weighted by Crippen LogP contribution is -2.76. The molecule has 1 aliphatic carbocycles. The summed E-state index contributed by atoms with van der Waals surface area (Å²) < 4.78 is 5.55. The van der Waals surface area contributed by atoms with Crippen LogP contribution in [0.5, 0.6) is 0 Å². The van der Waals surface area contributed by atoms with Crippen molar-refractivity contribution in [3.8, 4) is 0 Å². The average Bonchev–Trinajstić information content (AvgIpc) is 2.35. The fourth-order valence-electron chi connectivity index (χ4n) is 2.66. The molecular weight excluding hydrogens is 276 g/mol. The van der Waals surface area contributed by atoms with Gasteiger partial charge in [0.1, 0.15) is 5.54 Å². The van der Waals surface area contributed by atoms with Crippen LogP contribution in [0.2, 0.25) is 0 Å². The van der Waals surface area contributed by atoms with Crippen molar-refractivity contribution in [2.24, 2.45) is 22.6 Å². The third kappa shape index (κ3) is 3.16. The molecule has 0 aromatic carbocycles. The molecule has 1 saturated carbocycles. The van der Waals surface area contributed by atoms with Crippen LogP contribution in [-0.4, -0.2) is 54.0 Å². The first-order chi connectivity index (χ1) is 9.56. The van der Waals surface area contributed by atoms with E-state index in [0.717, 1.165) is 4.90 Å². The van der Waals surface area contributed by atoms with Gasteiger partial charge in [0, 0.05) is 18.4 Å². The first kappa shape index (κ1) is 17.4. The molecule has 2 atom stereocenters. The second kappa shape index (κ2) is 5.98. The molecule has 0 aromatic rings. The predicted octanol–water partition coefficient (Wildman–Crippen LogP) is -1.68. The molecule has 0 bridgehead atoms. The number of rotatable bonds is 7. The van der Waals surface area contributed by atoms with Gasteiger partial charge in [-0.25, -0.2) is 0 Å². The minimum Gasteiger partial charge on any atom is -0.378 e. The topological polar surface area (TPSA) is 142 Å². The Morgan fingerprint density at radius 2 is 1.67 bits per heavy atom. The van der Waals surface area contributed by atoms with Crippen LogP contribution in [0.25, 0.3) is 0 Å². The van der Waals surface area contributed by atoms with E-state index in [1.807, 2.05) is 20.8 Å². The highest BCUT2D eigenvalue weighted by atomic mass is 16.5. The van der Waals surface area contributed by atoms with Crippen LogP contribution < -0.4 is 17.2 Å². The van der Waals surface area contributed by atoms with Crippen LogP contribution in [0.4, 0.5) is 0 Å². The fraction of sp³-hybridized carbons (Fsp3) is 0.769. The maximum absolute atomic E-state index is 12.6. The van der Waals surface area contributed by atoms with Gasteiger partial charge < -0.3 is 26.8 Å². The van der Waals surface area contributed by atoms with E-state index in [4.69, 9.17) is 21.9 Å². The minimum atomic E-state index is -1.21. The molecule has 2 unspecified atom stereocenters. The zero-order chi connectivity index (χ0) is 16.4. The van der Waals surface area contributed by atoms with Gasteiger partial charge in [-0.3, -0.25) is 14.4 Å². The summed E-state index contributed by atoms with van der Waals surface area (Å²) in [6.07, 6.45) is 0.168. The Labute approximate surface area is 123 Å². The van der Waals surface area contributed by atoms with Gasteiger partial charge in [0.15, 0.2) is 0 Å². The number of hydrogen-bond donors (Lipinski definition) is 3. The summed E-state index contributed by atoms with van der Waals surface area (Å²) in [4.78, 5) is 35.8. The summed E-state index contributed by atoms with van der Waals surface area (Å²) in [6.45, 7) is 5.24. The highest BCUT2D eigenvalue weighted by molar-refractivity contribution is 5.94. The van der Waals surface area contributed by atoms with E-state index < -0.39 is 41.8 Å². The molecule has 3 amide bonds. The SMILES string of the molecule is CCOC1CC(N)(C(=O)N(CC(N)=O)CC(N)=O)C1(C)C. The van der Waals surface area contributed by atoms with Crippen LogP contribution in [0, 0.1) is 5.41 Å². The number of amides is 3. The average molecular weight is 300 g/mol. The van der Waals surface area contributed by atoms with Crippen molar-refractivity contribution >= 4 is 17.7 Å². The Balaban J connectivity index is 2.93. The van der Waals surface area contributed by atoms with Gasteiger partial charge in [-0.05, 0) is 6.92 Å². The molecule has 1 fully saturated rings. The number of nitrogens with two attached hydrogens (primary N) is 3. The zero-order valence-corrected chi connectivity index (χ0v) is 12.7. The molecule has 1 aliphatic rings. The lowest BCUT2D eigenvalue weighted by Gasteiger charge is -2.58. The van der Waals surface area contributed by atoms with Crippen molar-refractivity contribution in [3.05, 3.63) is 0 Å². The normalized spacial score (nSPS) is 26.8. The van der Waals surface area contributed by atoms with Gasteiger partial charge in [-0.2, -0.15) is 0 Å². The van der Waals surface area contributed by atoms with Crippen molar-refractivity contribution < 1.29 is 19.1 Å². The lowest BCUT2D eigenvalue weighted by molar-refractivity contribution is -0.180. The van der Waals surface area contributed by atoms with E-state index in [0.29, 0.717) is 13.0 Å². The van der Waals surface area contributed by atoms with Crippen molar-refractivity contribution in [3.63, 3.8) is 0 Å². The maximum Gasteiger partial charge on any atom is 0.244 e. The quantitative estimate of drug-likeness (QED) is 0.514. The van der Waals surface area contributed by atoms with Crippen LogP contribution in [0.15, 0.2) is 0 Å². The molecule has 8 nitrogen and oxygen atoms in total. The Bertz CT molecular complexity index is 435. The first-order valence-corrected chi connectivity index (χ1v) is 6.82. The summed E-state index contributed by atoms with van der Waals surface area (Å²) in [5.41, 5.74) is 14.6. The van der Waals surface area contributed by atoms with Crippen LogP contribution in [0.3, 0.4) is 0 Å². The molecule has 0 aliphatic heterocycles. The summed E-state index contributed by atoms with van der Waals surface area (Å²) in [5, 5.41) is 0. The summed E-state index contributed by atoms with van der Waals surface area (Å²) in [6, 6.07) is 0. The van der Waals surface area contributed by atoms with Crippen LogP contribution in [0.1, 0.15) is 27.2 Å². The van der Waals surface area contributed by atoms with E-state index in [1.165, 1.54) is 0 Å². The molecule has 0 radical (unpaired) electrons. The Morgan fingerprint density at radius 3 is 2.00 bits per heavy atom. The second-order valence-electron chi connectivity index (χ2n) is 5.93. The van der Waals surface area contributed by atoms with E-state index in [9.17, 15) is 14.4 Å². The molecule has 120 valence electrons. The molecule has 0 aromatic heterocycles. The highest BCUT2D eigenvalue weighted by Gasteiger charge is 2.63. The van der Waals surface area contributed by atoms with Gasteiger partial charge >= 0.3 is 0 Å². The molecule has 8 heteroatoms. The van der Waals surface area contributed by atoms with E-state index in [2.05, 4.69) is 0 Å². The van der Waals surface area contributed by atoms with Gasteiger partial charge in [0.2, 0.25) is 17.7 Å². The molecule has 0 spiro atoms. The summed E-state index contributed by atoms with van der Waals surface area (Å²) in [7, 11) is 0. The van der Waals surface area contributed by atoms with E-state index in [1.54, 1.807) is 0 Å². The third-order valence-electron chi connectivity index (χ3n) is 4.19. The monoisotopic (exact) mass is 300 g/mol. The number of carbonyl (C=O) groups is 3. The van der Waals surface area contributed by atoms with Crippen molar-refractivity contribution in [2.75, 3.05) is 19.7 Å². The van der Waals surface area contributed by atoms with E-state index in [-0.39, 0.29) is 6.10 Å². The first-order valence-electron chi connectivity index (χ1n) is 6.82. The molecule has 0 heterocycles. The summed E-state index contributed by atoms with van der Waals surface area (Å²) in [5.74, 6) is -1.97. The summed E-state index contributed by atoms with van der Waals surface area (Å²) >= 11 is 0. The Kier molecular flexibility index (Phi) is 4.95. The number of nitrogens with zero attached hydrogens (tertiary/aromatic N) is 1. The largest absolute Gasteiger partial charge is 0.378 e. The van der Waals surface area contributed by atoms with Crippen molar-refractivity contribution in [1.29, 1.82) is 0 Å². The van der Waals surface area contributed by atoms with Gasteiger partial charge in [-0.1, -0.05) is 13.8 Å². The van der Waals surface area contributed by atoms with Crippen LogP contribution in [-0.2, 0) is 19.1 Å². The zero-order valence-electron chi connectivity index (χ0n) is 12.7. The van der Waals surface area contributed by atoms with Gasteiger partial charge in [0.25, 0.3) is 0 Å². The van der Waals surface area contributed by atoms with Crippen molar-refractivity contribution in [2.45, 2.75) is 38.8 Å². The maximum atomic E-state index is 12.6. The number of primary amides is 2. The smallest absolute Gasteiger partial charge is 0.244 e. The van der Waals surface area contributed by atoms with Gasteiger partial charge in [-0.15, -0.1) is 0 Å². The fourth-order valence-corrected chi connectivity index (χ4v) is 2.66. The number of hydrogen-bond acceptors (Lipinski definition) is 5. The number of ether oxygens (including phenoxy) is 1. The Hall–Kier alpha value is -1.67. The molecule has 21 heavy (non-hydrogen) atoms. The molecule has 1 rings (SSSR count). The molecule has 0 saturated heterocycles. The Morgan fingerprint density at radius 1 is 1.19 bits per heavy atom.